The summed E-state index contributed by atoms with van der Waals surface area (Å²) in [6.45, 7) is 7.87. The van der Waals surface area contributed by atoms with Crippen molar-refractivity contribution < 1.29 is 0 Å². The molecule has 0 amide bonds. The van der Waals surface area contributed by atoms with E-state index in [1.54, 1.807) is 0 Å². The van der Waals surface area contributed by atoms with Gasteiger partial charge in [0.25, 0.3) is 0 Å². The lowest BCUT2D eigenvalue weighted by Gasteiger charge is -2.07. The molecule has 88 valence electrons. The molecular weight excluding hydrogens is 170 g/mol. The third kappa shape index (κ3) is 22.7. The molecule has 0 aromatic rings. The van der Waals surface area contributed by atoms with Gasteiger partial charge in [-0.25, -0.2) is 0 Å². The van der Waals surface area contributed by atoms with E-state index in [-0.39, 0.29) is 0 Å². The van der Waals surface area contributed by atoms with Gasteiger partial charge in [0.15, 0.2) is 0 Å². The van der Waals surface area contributed by atoms with Gasteiger partial charge in [-0.1, -0.05) is 59.3 Å². The third-order valence-electron chi connectivity index (χ3n) is 2.21. The predicted octanol–water partition coefficient (Wildman–Crippen LogP) is 4.32. The largest absolute Gasteiger partial charge is 0.309 e. The maximum absolute atomic E-state index is 2.26. The monoisotopic (exact) mass is 201 g/mol. The summed E-state index contributed by atoms with van der Waals surface area (Å²) >= 11 is 0. The smallest absolute Gasteiger partial charge is 0.00248 e. The average Bonchev–Trinajstić information content (AvgIpc) is 2.18. The Morgan fingerprint density at radius 2 is 1.14 bits per heavy atom. The first kappa shape index (κ1) is 16.4. The SMILES string of the molecule is CCCC.CCCCCCCN(C)C. The normalized spacial score (nSPS) is 9.86. The molecule has 0 aromatic heterocycles. The van der Waals surface area contributed by atoms with Crippen LogP contribution in [-0.2, 0) is 0 Å². The molecule has 0 aromatic carbocycles. The molecule has 0 saturated heterocycles. The summed E-state index contributed by atoms with van der Waals surface area (Å²) in [6.07, 6.45) is 9.60. The van der Waals surface area contributed by atoms with E-state index in [9.17, 15) is 0 Å². The molecule has 0 aliphatic rings. The average molecular weight is 201 g/mol. The zero-order chi connectivity index (χ0) is 11.2. The van der Waals surface area contributed by atoms with Crippen LogP contribution in [0.2, 0.25) is 0 Å². The highest BCUT2D eigenvalue weighted by atomic mass is 15.0. The van der Waals surface area contributed by atoms with Crippen molar-refractivity contribution >= 4 is 0 Å². The Kier molecular flexibility index (Phi) is 18.1. The molecular formula is C13H31N. The number of rotatable bonds is 7. The second-order valence-corrected chi connectivity index (χ2v) is 4.22. The maximum atomic E-state index is 2.26. The fraction of sp³-hybridized carbons (Fsp3) is 1.00. The molecule has 0 aliphatic heterocycles. The van der Waals surface area contributed by atoms with Crippen molar-refractivity contribution in [1.82, 2.24) is 4.90 Å². The fourth-order valence-electron chi connectivity index (χ4n) is 1.03. The fourth-order valence-corrected chi connectivity index (χ4v) is 1.03. The second kappa shape index (κ2) is 15.4. The lowest BCUT2D eigenvalue weighted by molar-refractivity contribution is 0.390. The van der Waals surface area contributed by atoms with Crippen LogP contribution in [0.3, 0.4) is 0 Å². The van der Waals surface area contributed by atoms with Gasteiger partial charge in [0, 0.05) is 0 Å². The Morgan fingerprint density at radius 3 is 1.50 bits per heavy atom. The second-order valence-electron chi connectivity index (χ2n) is 4.22. The maximum Gasteiger partial charge on any atom is -0.00248 e. The lowest BCUT2D eigenvalue weighted by atomic mass is 10.1. The quantitative estimate of drug-likeness (QED) is 0.554. The molecule has 0 radical (unpaired) electrons. The minimum atomic E-state index is 1.25. The first-order valence-corrected chi connectivity index (χ1v) is 6.33. The van der Waals surface area contributed by atoms with Crippen LogP contribution in [0.5, 0.6) is 0 Å². The van der Waals surface area contributed by atoms with Gasteiger partial charge in [-0.15, -0.1) is 0 Å². The Labute approximate surface area is 91.9 Å². The number of hydrogen-bond acceptors (Lipinski definition) is 1. The molecule has 0 atom stereocenters. The summed E-state index contributed by atoms with van der Waals surface area (Å²) < 4.78 is 0. The van der Waals surface area contributed by atoms with E-state index in [1.807, 2.05) is 0 Å². The Morgan fingerprint density at radius 1 is 0.643 bits per heavy atom. The van der Waals surface area contributed by atoms with E-state index in [4.69, 9.17) is 0 Å². The number of hydrogen-bond donors (Lipinski definition) is 0. The molecule has 1 heteroatoms. The topological polar surface area (TPSA) is 3.24 Å². The first-order chi connectivity index (χ1) is 6.68. The van der Waals surface area contributed by atoms with Gasteiger partial charge in [-0.3, -0.25) is 0 Å². The van der Waals surface area contributed by atoms with Crippen LogP contribution >= 0.6 is 0 Å². The highest BCUT2D eigenvalue weighted by molar-refractivity contribution is 4.45. The lowest BCUT2D eigenvalue weighted by Crippen LogP contribution is -2.12. The molecule has 0 bridgehead atoms. The van der Waals surface area contributed by atoms with Gasteiger partial charge in [0.05, 0.1) is 0 Å². The molecule has 0 N–H and O–H groups in total. The van der Waals surface area contributed by atoms with E-state index < -0.39 is 0 Å². The molecule has 0 unspecified atom stereocenters. The predicted molar refractivity (Wildman–Crippen MR) is 67.9 cm³/mol. The Balaban J connectivity index is 0. The minimum absolute atomic E-state index is 1.25. The molecule has 1 nitrogen and oxygen atoms in total. The van der Waals surface area contributed by atoms with Gasteiger partial charge in [-0.2, -0.15) is 0 Å². The van der Waals surface area contributed by atoms with Gasteiger partial charge in [0.2, 0.25) is 0 Å². The van der Waals surface area contributed by atoms with Crippen LogP contribution in [0, 0.1) is 0 Å². The molecule has 0 saturated carbocycles. The zero-order valence-electron chi connectivity index (χ0n) is 11.1. The van der Waals surface area contributed by atoms with Gasteiger partial charge in [-0.05, 0) is 27.1 Å². The summed E-state index contributed by atoms with van der Waals surface area (Å²) in [6, 6.07) is 0. The van der Waals surface area contributed by atoms with Crippen LogP contribution in [0.25, 0.3) is 0 Å². The molecule has 0 rings (SSSR count). The summed E-state index contributed by atoms with van der Waals surface area (Å²) in [4.78, 5) is 2.26. The minimum Gasteiger partial charge on any atom is -0.309 e. The third-order valence-corrected chi connectivity index (χ3v) is 2.21. The van der Waals surface area contributed by atoms with Gasteiger partial charge in [0.1, 0.15) is 0 Å². The summed E-state index contributed by atoms with van der Waals surface area (Å²) in [7, 11) is 4.28. The van der Waals surface area contributed by atoms with Crippen molar-refractivity contribution in [2.45, 2.75) is 65.7 Å². The first-order valence-electron chi connectivity index (χ1n) is 6.33. The van der Waals surface area contributed by atoms with Crippen LogP contribution in [0.1, 0.15) is 65.7 Å². The molecule has 0 heterocycles. The van der Waals surface area contributed by atoms with Crippen molar-refractivity contribution in [3.63, 3.8) is 0 Å². The van der Waals surface area contributed by atoms with Crippen molar-refractivity contribution in [1.29, 1.82) is 0 Å². The van der Waals surface area contributed by atoms with Crippen molar-refractivity contribution in [3.05, 3.63) is 0 Å². The van der Waals surface area contributed by atoms with E-state index in [0.717, 1.165) is 0 Å². The van der Waals surface area contributed by atoms with Crippen LogP contribution in [0.15, 0.2) is 0 Å². The van der Waals surface area contributed by atoms with E-state index in [2.05, 4.69) is 39.8 Å². The van der Waals surface area contributed by atoms with Crippen molar-refractivity contribution in [2.24, 2.45) is 0 Å². The number of unbranched alkanes of at least 4 members (excludes halogenated alkanes) is 5. The van der Waals surface area contributed by atoms with Gasteiger partial charge < -0.3 is 4.90 Å². The van der Waals surface area contributed by atoms with Crippen LogP contribution in [-0.4, -0.2) is 25.5 Å². The van der Waals surface area contributed by atoms with E-state index in [1.165, 1.54) is 51.5 Å². The molecule has 14 heavy (non-hydrogen) atoms. The molecule has 0 fully saturated rings. The Bertz CT molecular complexity index is 77.3. The van der Waals surface area contributed by atoms with E-state index in [0.29, 0.717) is 0 Å². The Hall–Kier alpha value is -0.0400. The highest BCUT2D eigenvalue weighted by Crippen LogP contribution is 2.01. The van der Waals surface area contributed by atoms with Crippen molar-refractivity contribution in [2.75, 3.05) is 20.6 Å². The zero-order valence-corrected chi connectivity index (χ0v) is 11.1. The molecule has 0 aliphatic carbocycles. The van der Waals surface area contributed by atoms with Crippen molar-refractivity contribution in [3.8, 4) is 0 Å². The van der Waals surface area contributed by atoms with Crippen LogP contribution < -0.4 is 0 Å². The molecule has 0 spiro atoms. The summed E-state index contributed by atoms with van der Waals surface area (Å²) in [5, 5.41) is 0. The summed E-state index contributed by atoms with van der Waals surface area (Å²) in [5.41, 5.74) is 0. The summed E-state index contributed by atoms with van der Waals surface area (Å²) in [5.74, 6) is 0. The standard InChI is InChI=1S/C9H21N.C4H10/c1-4-5-6-7-8-9-10(2)3;1-3-4-2/h4-9H2,1-3H3;3-4H2,1-2H3. The van der Waals surface area contributed by atoms with Gasteiger partial charge >= 0.3 is 0 Å². The number of nitrogens with zero attached hydrogens (tertiary/aromatic N) is 1. The van der Waals surface area contributed by atoms with E-state index >= 15 is 0 Å². The van der Waals surface area contributed by atoms with Crippen LogP contribution in [0.4, 0.5) is 0 Å². The highest BCUT2D eigenvalue weighted by Gasteiger charge is 1.89.